The van der Waals surface area contributed by atoms with Gasteiger partial charge in [-0.1, -0.05) is 281 Å². The van der Waals surface area contributed by atoms with Crippen molar-refractivity contribution in [2.24, 2.45) is 0 Å². The third-order valence-corrected chi connectivity index (χ3v) is 20.5. The van der Waals surface area contributed by atoms with Crippen molar-refractivity contribution < 1.29 is 0 Å². The standard InChI is InChI=1S/C32H68P.C30H48B/c1-5-9-13-17-21-25-29-33(30-26-22-18-14-10-6-2,31-27-23-19-15-11-7-3)32-28-24-20-16-12-8-4;1-5-7-9-11-13-15-25-31(26-16-14-12-10-8-6-2,29-21-17-27(3)18-22-29)30-23-19-28(4)20-24-30/h5-32H2,1-4H3;17-24H,5-16,25-26H2,1-4H3/q+1;-1. The Morgan fingerprint density at radius 3 is 0.703 bits per heavy atom. The van der Waals surface area contributed by atoms with E-state index in [4.69, 9.17) is 0 Å². The van der Waals surface area contributed by atoms with Gasteiger partial charge in [0.05, 0.1) is 30.8 Å². The lowest BCUT2D eigenvalue weighted by Gasteiger charge is -2.43. The van der Waals surface area contributed by atoms with E-state index < -0.39 is 13.4 Å². The van der Waals surface area contributed by atoms with Gasteiger partial charge in [-0.2, -0.15) is 12.6 Å². The lowest BCUT2D eigenvalue weighted by molar-refractivity contribution is 0.610. The smallest absolute Gasteiger partial charge is 0.0594 e. The zero-order valence-electron chi connectivity index (χ0n) is 45.3. The molecule has 0 heterocycles. The Kier molecular flexibility index (Phi) is 41.2. The summed E-state index contributed by atoms with van der Waals surface area (Å²) < 4.78 is 0. The fraction of sp³-hybridized carbons (Fsp3) is 0.806. The van der Waals surface area contributed by atoms with Crippen LogP contribution < -0.4 is 10.9 Å². The number of aryl methyl sites for hydroxylation is 2. The molecule has 0 fully saturated rings. The summed E-state index contributed by atoms with van der Waals surface area (Å²) in [5.41, 5.74) is 5.93. The highest BCUT2D eigenvalue weighted by Gasteiger charge is 2.35. The van der Waals surface area contributed by atoms with Crippen LogP contribution in [-0.2, 0) is 0 Å². The normalized spacial score (nSPS) is 11.9. The van der Waals surface area contributed by atoms with Crippen molar-refractivity contribution in [1.82, 2.24) is 0 Å². The molecule has 0 radical (unpaired) electrons. The minimum absolute atomic E-state index is 0.689. The maximum Gasteiger partial charge on any atom is 0.0594 e. The molecular weight excluding hydrogens is 786 g/mol. The number of benzene rings is 2. The highest BCUT2D eigenvalue weighted by Crippen LogP contribution is 2.61. The van der Waals surface area contributed by atoms with Crippen LogP contribution in [-0.4, -0.2) is 30.8 Å². The maximum absolute atomic E-state index is 2.45. The van der Waals surface area contributed by atoms with Gasteiger partial charge in [-0.05, 0) is 65.2 Å². The van der Waals surface area contributed by atoms with Crippen molar-refractivity contribution in [2.75, 3.05) is 24.6 Å². The van der Waals surface area contributed by atoms with Crippen molar-refractivity contribution in [3.8, 4) is 0 Å². The van der Waals surface area contributed by atoms with Gasteiger partial charge in [0.1, 0.15) is 0 Å². The third kappa shape index (κ3) is 30.3. The molecule has 0 aliphatic heterocycles. The van der Waals surface area contributed by atoms with Crippen LogP contribution in [0.3, 0.4) is 0 Å². The van der Waals surface area contributed by atoms with Crippen LogP contribution in [0.15, 0.2) is 48.5 Å². The summed E-state index contributed by atoms with van der Waals surface area (Å²) in [5.74, 6) is 0. The molecule has 0 bridgehead atoms. The van der Waals surface area contributed by atoms with E-state index in [0.29, 0.717) is 0 Å². The van der Waals surface area contributed by atoms with Crippen molar-refractivity contribution in [3.05, 3.63) is 59.7 Å². The summed E-state index contributed by atoms with van der Waals surface area (Å²) in [6.45, 7) is 18.4. The second-order valence-corrected chi connectivity index (χ2v) is 26.0. The Morgan fingerprint density at radius 2 is 0.469 bits per heavy atom. The van der Waals surface area contributed by atoms with Crippen LogP contribution in [0.2, 0.25) is 12.6 Å². The van der Waals surface area contributed by atoms with Crippen molar-refractivity contribution >= 4 is 24.3 Å². The molecular formula is C62H116BP. The van der Waals surface area contributed by atoms with Crippen molar-refractivity contribution in [2.45, 2.75) is 299 Å². The van der Waals surface area contributed by atoms with Crippen molar-refractivity contribution in [3.63, 3.8) is 0 Å². The second-order valence-electron chi connectivity index (χ2n) is 21.5. The van der Waals surface area contributed by atoms with E-state index in [2.05, 4.69) is 104 Å². The molecule has 0 amide bonds. The molecule has 0 atom stereocenters. The lowest BCUT2D eigenvalue weighted by atomic mass is 9.15. The summed E-state index contributed by atoms with van der Waals surface area (Å²) in [6, 6.07) is 19.1. The molecule has 0 saturated heterocycles. The number of hydrogen-bond acceptors (Lipinski definition) is 0. The molecule has 64 heavy (non-hydrogen) atoms. The predicted octanol–water partition coefficient (Wildman–Crippen LogP) is 21.0. The molecule has 0 aromatic heterocycles. The van der Waals surface area contributed by atoms with Crippen LogP contribution in [0.1, 0.15) is 284 Å². The quantitative estimate of drug-likeness (QED) is 0.0353. The number of rotatable bonds is 44. The van der Waals surface area contributed by atoms with Gasteiger partial charge in [0.2, 0.25) is 0 Å². The Balaban J connectivity index is 0.000000641. The molecule has 2 heteroatoms. The number of hydrogen-bond donors (Lipinski definition) is 0. The first kappa shape index (κ1) is 61.0. The van der Waals surface area contributed by atoms with Gasteiger partial charge in [0.25, 0.3) is 0 Å². The summed E-state index contributed by atoms with van der Waals surface area (Å²) in [6.07, 6.45) is 60.7. The monoisotopic (exact) mass is 903 g/mol. The average Bonchev–Trinajstić information content (AvgIpc) is 3.30. The number of unbranched alkanes of at least 4 members (excludes halogenated alkanes) is 30. The van der Waals surface area contributed by atoms with Crippen LogP contribution >= 0.6 is 7.26 Å². The first-order valence-electron chi connectivity index (χ1n) is 29.5. The molecule has 0 aliphatic carbocycles. The fourth-order valence-electron chi connectivity index (χ4n) is 11.0. The molecule has 0 spiro atoms. The van der Waals surface area contributed by atoms with Gasteiger partial charge in [0, 0.05) is 7.26 Å². The largest absolute Gasteiger partial charge is 0.205 e. The minimum Gasteiger partial charge on any atom is -0.205 e. The Morgan fingerprint density at radius 1 is 0.266 bits per heavy atom. The summed E-state index contributed by atoms with van der Waals surface area (Å²) in [5, 5.41) is 0. The van der Waals surface area contributed by atoms with Crippen molar-refractivity contribution in [1.29, 1.82) is 0 Å². The van der Waals surface area contributed by atoms with Gasteiger partial charge in [0.15, 0.2) is 0 Å². The Hall–Kier alpha value is -1.07. The van der Waals surface area contributed by atoms with Gasteiger partial charge in [-0.3, -0.25) is 0 Å². The van der Waals surface area contributed by atoms with Crippen LogP contribution in [0.25, 0.3) is 0 Å². The van der Waals surface area contributed by atoms with E-state index in [9.17, 15) is 0 Å². The highest BCUT2D eigenvalue weighted by atomic mass is 31.2. The molecule has 0 aliphatic rings. The van der Waals surface area contributed by atoms with Gasteiger partial charge >= 0.3 is 0 Å². The lowest BCUT2D eigenvalue weighted by Crippen LogP contribution is -2.58. The summed E-state index contributed by atoms with van der Waals surface area (Å²) in [4.78, 5) is 0. The third-order valence-electron chi connectivity index (χ3n) is 15.5. The van der Waals surface area contributed by atoms with Gasteiger partial charge in [-0.25, -0.2) is 10.9 Å². The van der Waals surface area contributed by atoms with Crippen LogP contribution in [0.4, 0.5) is 0 Å². The van der Waals surface area contributed by atoms with E-state index in [1.165, 1.54) is 229 Å². The zero-order chi connectivity index (χ0) is 46.7. The molecule has 0 unspecified atom stereocenters. The summed E-state index contributed by atoms with van der Waals surface area (Å²) in [7, 11) is -0.718. The van der Waals surface area contributed by atoms with Crippen LogP contribution in [0, 0.1) is 13.8 Å². The Bertz CT molecular complexity index is 1100. The zero-order valence-corrected chi connectivity index (χ0v) is 46.2. The molecule has 372 valence electrons. The highest BCUT2D eigenvalue weighted by molar-refractivity contribution is 7.75. The minimum atomic E-state index is -0.718. The molecule has 0 nitrogen and oxygen atoms in total. The molecule has 2 aromatic rings. The molecule has 2 aromatic carbocycles. The maximum atomic E-state index is 2.45. The Labute approximate surface area is 405 Å². The van der Waals surface area contributed by atoms with Gasteiger partial charge < -0.3 is 0 Å². The summed E-state index contributed by atoms with van der Waals surface area (Å²) >= 11 is 0. The first-order valence-corrected chi connectivity index (χ1v) is 32.1. The second kappa shape index (κ2) is 43.2. The van der Waals surface area contributed by atoms with E-state index in [1.807, 2.05) is 0 Å². The first-order chi connectivity index (χ1) is 31.4. The molecule has 2 rings (SSSR count). The van der Waals surface area contributed by atoms with E-state index in [-0.39, 0.29) is 0 Å². The van der Waals surface area contributed by atoms with E-state index in [0.717, 1.165) is 0 Å². The topological polar surface area (TPSA) is 0 Å². The fourth-order valence-corrected chi connectivity index (χ4v) is 15.9. The molecule has 0 N–H and O–H groups in total. The van der Waals surface area contributed by atoms with Gasteiger partial charge in [-0.15, -0.1) is 0 Å². The average molecular weight is 903 g/mol. The van der Waals surface area contributed by atoms with Crippen LogP contribution in [0.5, 0.6) is 0 Å². The van der Waals surface area contributed by atoms with E-state index in [1.54, 1.807) is 61.3 Å². The van der Waals surface area contributed by atoms with E-state index >= 15 is 0 Å². The molecule has 0 saturated carbocycles. The predicted molar refractivity (Wildman–Crippen MR) is 304 cm³/mol. The SMILES string of the molecule is CCCCCCCC[B-](CCCCCCCC)(c1ccc(C)cc1)c1ccc(C)cc1.CCCCCCCC[P+](CCCCCCCC)(CCCCCCCC)CCCCCCCC.